The summed E-state index contributed by atoms with van der Waals surface area (Å²) in [6.07, 6.45) is 0. The van der Waals surface area contributed by atoms with Gasteiger partial charge in [-0.25, -0.2) is 9.78 Å². The molecule has 0 bridgehead atoms. The molecule has 2 atom stereocenters. The molecular formula is C38H39N5O7S2Si. The lowest BCUT2D eigenvalue weighted by Crippen LogP contribution is -2.71. The summed E-state index contributed by atoms with van der Waals surface area (Å²) in [5.74, 6) is -2.19. The van der Waals surface area contributed by atoms with Crippen LogP contribution >= 0.6 is 23.1 Å². The number of hydrogen-bond donors (Lipinski definition) is 2. The van der Waals surface area contributed by atoms with Crippen molar-refractivity contribution in [2.24, 2.45) is 5.16 Å². The first-order chi connectivity index (χ1) is 25.4. The van der Waals surface area contributed by atoms with Crippen LogP contribution in [0.5, 0.6) is 0 Å². The van der Waals surface area contributed by atoms with Crippen molar-refractivity contribution in [1.82, 2.24) is 15.2 Å². The van der Waals surface area contributed by atoms with E-state index < -0.39 is 48.9 Å². The van der Waals surface area contributed by atoms with Crippen LogP contribution < -0.4 is 11.1 Å². The molecule has 0 saturated carbocycles. The number of thiazole rings is 1. The van der Waals surface area contributed by atoms with Crippen LogP contribution in [0.15, 0.2) is 107 Å². The Kier molecular flexibility index (Phi) is 10.9. The molecular weight excluding hydrogens is 731 g/mol. The fraction of sp³-hybridized carbons (Fsp3) is 0.263. The smallest absolute Gasteiger partial charge is 0.341 e. The number of ether oxygens (including phenoxy) is 1. The highest BCUT2D eigenvalue weighted by Gasteiger charge is 2.55. The third-order valence-corrected chi connectivity index (χ3v) is 11.7. The van der Waals surface area contributed by atoms with Gasteiger partial charge in [-0.05, 0) is 36.3 Å². The van der Waals surface area contributed by atoms with E-state index in [2.05, 4.69) is 10.5 Å². The third kappa shape index (κ3) is 7.36. The molecule has 15 heteroatoms. The van der Waals surface area contributed by atoms with E-state index in [1.165, 1.54) is 42.0 Å². The summed E-state index contributed by atoms with van der Waals surface area (Å²) in [5.41, 5.74) is 8.94. The molecule has 2 aliphatic heterocycles. The molecule has 2 amide bonds. The molecule has 1 unspecified atom stereocenters. The number of carbonyl (C=O) groups excluding carboxylic acids is 4. The monoisotopic (exact) mass is 769 g/mol. The molecule has 3 N–H and O–H groups in total. The fourth-order valence-electron chi connectivity index (χ4n) is 6.39. The Hall–Kier alpha value is -5.25. The van der Waals surface area contributed by atoms with Crippen LogP contribution in [-0.4, -0.2) is 78.6 Å². The largest absolute Gasteiger partial charge is 0.515 e. The van der Waals surface area contributed by atoms with E-state index >= 15 is 0 Å². The number of thioether (sulfide) groups is 1. The van der Waals surface area contributed by atoms with Crippen molar-refractivity contribution in [3.8, 4) is 0 Å². The summed E-state index contributed by atoms with van der Waals surface area (Å²) in [5, 5.41) is 7.03. The number of oxime groups is 1. The van der Waals surface area contributed by atoms with Crippen LogP contribution in [0.4, 0.5) is 5.00 Å². The second-order valence-electron chi connectivity index (χ2n) is 13.3. The van der Waals surface area contributed by atoms with E-state index in [1.54, 1.807) is 0 Å². The number of amides is 2. The van der Waals surface area contributed by atoms with Crippen molar-refractivity contribution in [3.63, 3.8) is 0 Å². The summed E-state index contributed by atoms with van der Waals surface area (Å²) >= 11 is 2.56. The number of nitrogen functional groups attached to an aromatic ring is 1. The lowest BCUT2D eigenvalue weighted by molar-refractivity contribution is -0.149. The SMILES string of the molecule is CO/N=C(\C(=O)NC1C(=O)N2C(C(=O)O[Si](C)(C)C)=C(COC(C)=O)CS[C@H]12)c1nc(C(c2ccccc2)(c2ccccc2)c2ccccc2)sc1N. The molecule has 0 aliphatic carbocycles. The highest BCUT2D eigenvalue weighted by Crippen LogP contribution is 2.48. The summed E-state index contributed by atoms with van der Waals surface area (Å²) in [6, 6.07) is 28.8. The first-order valence-corrected chi connectivity index (χ1v) is 22.0. The second kappa shape index (κ2) is 15.4. The number of carbonyl (C=O) groups is 4. The number of aromatic nitrogens is 1. The van der Waals surface area contributed by atoms with E-state index in [-0.39, 0.29) is 34.5 Å². The van der Waals surface area contributed by atoms with Crippen molar-refractivity contribution in [2.75, 3.05) is 25.2 Å². The molecule has 3 heterocycles. The Balaban J connectivity index is 1.35. The Labute approximate surface area is 316 Å². The number of rotatable bonds is 12. The van der Waals surface area contributed by atoms with E-state index in [0.29, 0.717) is 10.6 Å². The Morgan fingerprint density at radius 3 is 2.00 bits per heavy atom. The standard InChI is InChI=1S/C38H39N5O7S2Si/c1-23(44)49-21-24-22-51-35-30(34(46)43(35)31(24)36(47)50-53(3,4)5)40-33(45)29(42-48-2)28-32(39)52-37(41-28)38(25-15-9-6-10-16-25,26-17-11-7-12-18-26)27-19-13-8-14-20-27/h6-20,30,35H,21-22,39H2,1-5H3,(H,40,45)/b42-29-/t30?,35-/m1/s1. The fourth-order valence-corrected chi connectivity index (χ4v) is 9.46. The Morgan fingerprint density at radius 2 is 1.51 bits per heavy atom. The van der Waals surface area contributed by atoms with Crippen LogP contribution in [-0.2, 0) is 38.6 Å². The maximum atomic E-state index is 14.1. The van der Waals surface area contributed by atoms with Crippen LogP contribution in [0.25, 0.3) is 0 Å². The van der Waals surface area contributed by atoms with Gasteiger partial charge in [-0.3, -0.25) is 19.3 Å². The van der Waals surface area contributed by atoms with E-state index in [9.17, 15) is 19.2 Å². The molecule has 1 fully saturated rings. The molecule has 12 nitrogen and oxygen atoms in total. The van der Waals surface area contributed by atoms with Gasteiger partial charge in [-0.1, -0.05) is 107 Å². The first kappa shape index (κ1) is 37.5. The van der Waals surface area contributed by atoms with Crippen molar-refractivity contribution in [3.05, 3.63) is 130 Å². The van der Waals surface area contributed by atoms with Crippen molar-refractivity contribution in [1.29, 1.82) is 0 Å². The highest BCUT2D eigenvalue weighted by molar-refractivity contribution is 8.00. The maximum Gasteiger partial charge on any atom is 0.341 e. The number of fused-ring (bicyclic) bond motifs is 1. The van der Waals surface area contributed by atoms with Gasteiger partial charge in [0.1, 0.15) is 46.5 Å². The lowest BCUT2D eigenvalue weighted by Gasteiger charge is -2.49. The predicted octanol–water partition coefficient (Wildman–Crippen LogP) is 5.05. The number of anilines is 1. The molecule has 4 aromatic rings. The molecule has 53 heavy (non-hydrogen) atoms. The first-order valence-electron chi connectivity index (χ1n) is 16.8. The minimum Gasteiger partial charge on any atom is -0.515 e. The van der Waals surface area contributed by atoms with Gasteiger partial charge in [-0.2, -0.15) is 0 Å². The summed E-state index contributed by atoms with van der Waals surface area (Å²) in [4.78, 5) is 64.3. The average Bonchev–Trinajstić information content (AvgIpc) is 3.52. The van der Waals surface area contributed by atoms with Gasteiger partial charge in [0.25, 0.3) is 11.8 Å². The maximum absolute atomic E-state index is 14.1. The van der Waals surface area contributed by atoms with Gasteiger partial charge in [0.2, 0.25) is 8.32 Å². The predicted molar refractivity (Wildman–Crippen MR) is 207 cm³/mol. The zero-order valence-electron chi connectivity index (χ0n) is 29.8. The van der Waals surface area contributed by atoms with Crippen molar-refractivity contribution < 1.29 is 33.2 Å². The number of nitrogens with one attached hydrogen (secondary N) is 1. The van der Waals surface area contributed by atoms with Gasteiger partial charge in [-0.15, -0.1) is 11.8 Å². The minimum absolute atomic E-state index is 0.0335. The number of esters is 1. The van der Waals surface area contributed by atoms with E-state index in [0.717, 1.165) is 16.7 Å². The molecule has 0 spiro atoms. The zero-order valence-corrected chi connectivity index (χ0v) is 32.5. The molecule has 6 rings (SSSR count). The lowest BCUT2D eigenvalue weighted by atomic mass is 9.70. The van der Waals surface area contributed by atoms with Crippen LogP contribution in [0.1, 0.15) is 34.3 Å². The van der Waals surface area contributed by atoms with Crippen molar-refractivity contribution in [2.45, 2.75) is 43.4 Å². The topological polar surface area (TPSA) is 163 Å². The van der Waals surface area contributed by atoms with Crippen LogP contribution in [0, 0.1) is 0 Å². The van der Waals surface area contributed by atoms with E-state index in [1.807, 2.05) is 111 Å². The van der Waals surface area contributed by atoms with Gasteiger partial charge in [0, 0.05) is 18.2 Å². The minimum atomic E-state index is -2.37. The number of hydrogen-bond acceptors (Lipinski definition) is 12. The highest BCUT2D eigenvalue weighted by atomic mass is 32.2. The quantitative estimate of drug-likeness (QED) is 0.0498. The third-order valence-electron chi connectivity index (χ3n) is 8.59. The summed E-state index contributed by atoms with van der Waals surface area (Å²) in [6.45, 7) is 6.65. The number of β-lactam (4-membered cyclic amide) rings is 1. The van der Waals surface area contributed by atoms with E-state index in [4.69, 9.17) is 24.7 Å². The number of nitrogens with zero attached hydrogens (tertiary/aromatic N) is 3. The molecule has 274 valence electrons. The Bertz CT molecular complexity index is 1990. The molecule has 3 aromatic carbocycles. The molecule has 1 aromatic heterocycles. The number of benzene rings is 3. The molecule has 0 radical (unpaired) electrons. The average molecular weight is 770 g/mol. The van der Waals surface area contributed by atoms with Gasteiger partial charge < -0.3 is 25.1 Å². The van der Waals surface area contributed by atoms with Gasteiger partial charge in [0.15, 0.2) is 5.71 Å². The van der Waals surface area contributed by atoms with Gasteiger partial charge in [0.05, 0.1) is 5.41 Å². The zero-order chi connectivity index (χ0) is 37.9. The van der Waals surface area contributed by atoms with Crippen LogP contribution in [0.2, 0.25) is 19.6 Å². The molecule has 2 aliphatic rings. The normalized spacial score (nSPS) is 17.4. The van der Waals surface area contributed by atoms with Gasteiger partial charge >= 0.3 is 11.9 Å². The number of nitrogens with two attached hydrogens (primary N) is 1. The Morgan fingerprint density at radius 1 is 0.962 bits per heavy atom. The summed E-state index contributed by atoms with van der Waals surface area (Å²) in [7, 11) is -1.07. The summed E-state index contributed by atoms with van der Waals surface area (Å²) < 4.78 is 10.9. The van der Waals surface area contributed by atoms with Crippen LogP contribution in [0.3, 0.4) is 0 Å². The second-order valence-corrected chi connectivity index (χ2v) is 19.9. The molecule has 1 saturated heterocycles. The van der Waals surface area contributed by atoms with Crippen molar-refractivity contribution >= 4 is 65.9 Å².